The van der Waals surface area contributed by atoms with E-state index in [0.29, 0.717) is 23.8 Å². The van der Waals surface area contributed by atoms with Gasteiger partial charge in [-0.2, -0.15) is 0 Å². The van der Waals surface area contributed by atoms with E-state index in [-0.39, 0.29) is 5.78 Å². The maximum atomic E-state index is 12.5. The van der Waals surface area contributed by atoms with Gasteiger partial charge in [-0.15, -0.1) is 0 Å². The number of ether oxygens (including phenoxy) is 2. The number of hydrogen-bond acceptors (Lipinski definition) is 3. The van der Waals surface area contributed by atoms with Gasteiger partial charge < -0.3 is 9.47 Å². The highest BCUT2D eigenvalue weighted by molar-refractivity contribution is 6.30. The summed E-state index contributed by atoms with van der Waals surface area (Å²) >= 11 is 5.82. The van der Waals surface area contributed by atoms with Gasteiger partial charge in [-0.25, -0.2) is 0 Å². The number of ketones is 1. The molecule has 0 saturated carbocycles. The molecule has 1 rings (SSSR count). The molecule has 0 N–H and O–H groups in total. The van der Waals surface area contributed by atoms with Gasteiger partial charge in [0.1, 0.15) is 0 Å². The van der Waals surface area contributed by atoms with Crippen LogP contribution in [0, 0.1) is 0 Å². The normalized spacial score (nSPS) is 11.6. The first-order valence-electron chi connectivity index (χ1n) is 6.61. The zero-order valence-electron chi connectivity index (χ0n) is 11.7. The minimum absolute atomic E-state index is 0.175. The second-order valence-electron chi connectivity index (χ2n) is 4.48. The molecule has 1 aromatic carbocycles. The number of carbonyl (C=O) groups excluding carboxylic acids is 1. The third-order valence-electron chi connectivity index (χ3n) is 2.68. The Hall–Kier alpha value is -0.900. The fourth-order valence-corrected chi connectivity index (χ4v) is 1.76. The van der Waals surface area contributed by atoms with Crippen molar-refractivity contribution < 1.29 is 14.3 Å². The summed E-state index contributed by atoms with van der Waals surface area (Å²) in [7, 11) is 0. The van der Waals surface area contributed by atoms with Crippen molar-refractivity contribution in [1.29, 1.82) is 0 Å². The van der Waals surface area contributed by atoms with Crippen molar-refractivity contribution in [2.75, 3.05) is 13.2 Å². The zero-order valence-corrected chi connectivity index (χ0v) is 12.5. The smallest absolute Gasteiger partial charge is 0.230 e. The molecule has 0 aromatic heterocycles. The molecule has 0 unspecified atom stereocenters. The molecular weight excluding hydrogens is 264 g/mol. The molecule has 0 bridgehead atoms. The van der Waals surface area contributed by atoms with Gasteiger partial charge in [-0.3, -0.25) is 4.79 Å². The van der Waals surface area contributed by atoms with Crippen LogP contribution in [0.1, 0.15) is 44.0 Å². The molecule has 19 heavy (non-hydrogen) atoms. The number of Topliss-reactive ketones (excluding diaryl/α,β-unsaturated/α-hetero) is 1. The number of carbonyl (C=O) groups is 1. The quantitative estimate of drug-likeness (QED) is 0.533. The topological polar surface area (TPSA) is 35.5 Å². The first-order chi connectivity index (χ1) is 9.03. The summed E-state index contributed by atoms with van der Waals surface area (Å²) in [5.74, 6) is -1.40. The summed E-state index contributed by atoms with van der Waals surface area (Å²) in [6.07, 6.45) is 1.66. The number of halogens is 1. The predicted octanol–water partition coefficient (Wildman–Crippen LogP) is 4.09. The third-order valence-corrected chi connectivity index (χ3v) is 2.93. The number of hydrogen-bond donors (Lipinski definition) is 0. The van der Waals surface area contributed by atoms with Crippen LogP contribution in [0.2, 0.25) is 5.02 Å². The van der Waals surface area contributed by atoms with Gasteiger partial charge in [0.05, 0.1) is 13.2 Å². The van der Waals surface area contributed by atoms with E-state index >= 15 is 0 Å². The lowest BCUT2D eigenvalue weighted by Gasteiger charge is -2.28. The maximum absolute atomic E-state index is 12.5. The van der Waals surface area contributed by atoms with E-state index in [1.165, 1.54) is 0 Å². The van der Waals surface area contributed by atoms with Crippen LogP contribution in [0.4, 0.5) is 0 Å². The summed E-state index contributed by atoms with van der Waals surface area (Å²) in [5, 5.41) is 0.599. The largest absolute Gasteiger partial charge is 0.344 e. The molecule has 0 spiro atoms. The summed E-state index contributed by atoms with van der Waals surface area (Å²) in [6, 6.07) is 6.75. The van der Waals surface area contributed by atoms with E-state index in [1.54, 1.807) is 31.2 Å². The molecule has 0 radical (unpaired) electrons. The van der Waals surface area contributed by atoms with E-state index in [0.717, 1.165) is 12.8 Å². The molecule has 106 valence electrons. The Morgan fingerprint density at radius 3 is 2.00 bits per heavy atom. The fraction of sp³-hybridized carbons (Fsp3) is 0.533. The van der Waals surface area contributed by atoms with Crippen molar-refractivity contribution in [1.82, 2.24) is 0 Å². The van der Waals surface area contributed by atoms with Crippen LogP contribution in [0.5, 0.6) is 0 Å². The summed E-state index contributed by atoms with van der Waals surface area (Å²) < 4.78 is 11.2. The average molecular weight is 285 g/mol. The lowest BCUT2D eigenvalue weighted by Crippen LogP contribution is -2.42. The summed E-state index contributed by atoms with van der Waals surface area (Å²) in [4.78, 5) is 12.5. The first-order valence-corrected chi connectivity index (χ1v) is 6.99. The lowest BCUT2D eigenvalue weighted by molar-refractivity contribution is -0.190. The van der Waals surface area contributed by atoms with Crippen molar-refractivity contribution in [2.45, 2.75) is 39.4 Å². The van der Waals surface area contributed by atoms with Crippen LogP contribution in [0.15, 0.2) is 24.3 Å². The lowest BCUT2D eigenvalue weighted by atomic mass is 10.0. The third kappa shape index (κ3) is 4.60. The second-order valence-corrected chi connectivity index (χ2v) is 4.92. The Kier molecular flexibility index (Phi) is 6.49. The molecule has 3 nitrogen and oxygen atoms in total. The van der Waals surface area contributed by atoms with Crippen molar-refractivity contribution in [3.05, 3.63) is 34.9 Å². The van der Waals surface area contributed by atoms with Crippen LogP contribution in [-0.4, -0.2) is 24.8 Å². The molecule has 4 heteroatoms. The molecule has 0 aliphatic carbocycles. The molecule has 0 fully saturated rings. The van der Waals surface area contributed by atoms with Gasteiger partial charge in [0.2, 0.25) is 11.6 Å². The Balaban J connectivity index is 2.89. The standard InChI is InChI=1S/C15H21ClO3/c1-4-10-18-15(3,19-11-5-2)14(17)12-6-8-13(16)9-7-12/h6-9H,4-5,10-11H2,1-3H3. The molecule has 0 amide bonds. The predicted molar refractivity (Wildman–Crippen MR) is 76.7 cm³/mol. The van der Waals surface area contributed by atoms with E-state index in [1.807, 2.05) is 13.8 Å². The highest BCUT2D eigenvalue weighted by Crippen LogP contribution is 2.21. The van der Waals surface area contributed by atoms with Gasteiger partial charge in [0.15, 0.2) is 0 Å². The molecule has 0 saturated heterocycles. The Labute approximate surface area is 119 Å². The van der Waals surface area contributed by atoms with Crippen LogP contribution in [0.25, 0.3) is 0 Å². The fourth-order valence-electron chi connectivity index (χ4n) is 1.63. The van der Waals surface area contributed by atoms with Crippen LogP contribution in [-0.2, 0) is 9.47 Å². The van der Waals surface area contributed by atoms with Gasteiger partial charge in [-0.1, -0.05) is 25.4 Å². The second kappa shape index (κ2) is 7.63. The molecule has 0 heterocycles. The summed E-state index contributed by atoms with van der Waals surface area (Å²) in [6.45, 7) is 6.63. The minimum atomic E-state index is -1.22. The monoisotopic (exact) mass is 284 g/mol. The van der Waals surface area contributed by atoms with Gasteiger partial charge in [-0.05, 0) is 44.0 Å². The Bertz CT molecular complexity index is 392. The minimum Gasteiger partial charge on any atom is -0.344 e. The number of benzene rings is 1. The average Bonchev–Trinajstić information content (AvgIpc) is 2.43. The molecule has 0 aliphatic heterocycles. The molecular formula is C15H21ClO3. The highest BCUT2D eigenvalue weighted by Gasteiger charge is 2.35. The van der Waals surface area contributed by atoms with Gasteiger partial charge >= 0.3 is 0 Å². The van der Waals surface area contributed by atoms with E-state index in [4.69, 9.17) is 21.1 Å². The van der Waals surface area contributed by atoms with Crippen molar-refractivity contribution in [2.24, 2.45) is 0 Å². The SMILES string of the molecule is CCCOC(C)(OCCC)C(=O)c1ccc(Cl)cc1. The van der Waals surface area contributed by atoms with Crippen molar-refractivity contribution in [3.8, 4) is 0 Å². The molecule has 0 aliphatic rings. The maximum Gasteiger partial charge on any atom is 0.230 e. The Morgan fingerprint density at radius 1 is 1.11 bits per heavy atom. The highest BCUT2D eigenvalue weighted by atomic mass is 35.5. The molecule has 1 aromatic rings. The van der Waals surface area contributed by atoms with Crippen LogP contribution < -0.4 is 0 Å². The zero-order chi connectivity index (χ0) is 14.3. The van der Waals surface area contributed by atoms with Crippen molar-refractivity contribution >= 4 is 17.4 Å². The first kappa shape index (κ1) is 16.2. The van der Waals surface area contributed by atoms with Gasteiger partial charge in [0.25, 0.3) is 0 Å². The summed E-state index contributed by atoms with van der Waals surface area (Å²) in [5.41, 5.74) is 0.541. The number of rotatable bonds is 8. The molecule has 0 atom stereocenters. The van der Waals surface area contributed by atoms with E-state index in [2.05, 4.69) is 0 Å². The van der Waals surface area contributed by atoms with Crippen LogP contribution >= 0.6 is 11.6 Å². The van der Waals surface area contributed by atoms with E-state index < -0.39 is 5.79 Å². The van der Waals surface area contributed by atoms with Gasteiger partial charge in [0, 0.05) is 10.6 Å². The van der Waals surface area contributed by atoms with Crippen molar-refractivity contribution in [3.63, 3.8) is 0 Å². The van der Waals surface area contributed by atoms with E-state index in [9.17, 15) is 4.79 Å². The van der Waals surface area contributed by atoms with Crippen LogP contribution in [0.3, 0.4) is 0 Å². The Morgan fingerprint density at radius 2 is 1.58 bits per heavy atom.